The predicted molar refractivity (Wildman–Crippen MR) is 82.9 cm³/mol. The maximum absolute atomic E-state index is 10.6. The molecule has 1 aromatic carbocycles. The standard InChI is InChI=1S/C13H13NO2S.C2H6O2/c1-13(9-14,8-7-11(15)16)12(17)10-5-3-2-4-6-10;3-1-2-4/h2-6H,7-8H2,1H3,(H,15,16);3-4H,1-2H2. The molecule has 0 radical (unpaired) electrons. The summed E-state index contributed by atoms with van der Waals surface area (Å²) in [6, 6.07) is 11.3. The molecule has 0 saturated carbocycles. The van der Waals surface area contributed by atoms with Gasteiger partial charge in [0.2, 0.25) is 0 Å². The van der Waals surface area contributed by atoms with E-state index in [2.05, 4.69) is 6.07 Å². The number of thiocarbonyl (C=S) groups is 1. The first-order chi connectivity index (χ1) is 9.91. The summed E-state index contributed by atoms with van der Waals surface area (Å²) in [7, 11) is 0. The molecule has 0 amide bonds. The van der Waals surface area contributed by atoms with Crippen molar-refractivity contribution in [2.75, 3.05) is 13.2 Å². The summed E-state index contributed by atoms with van der Waals surface area (Å²) >= 11 is 5.29. The summed E-state index contributed by atoms with van der Waals surface area (Å²) in [5.74, 6) is -0.915. The Morgan fingerprint density at radius 3 is 2.19 bits per heavy atom. The Morgan fingerprint density at radius 2 is 1.81 bits per heavy atom. The zero-order valence-electron chi connectivity index (χ0n) is 11.8. The first-order valence-corrected chi connectivity index (χ1v) is 6.76. The van der Waals surface area contributed by atoms with Crippen LogP contribution < -0.4 is 0 Å². The number of benzene rings is 1. The fraction of sp³-hybridized carbons (Fsp3) is 0.400. The molecule has 0 heterocycles. The molecule has 3 N–H and O–H groups in total. The Morgan fingerprint density at radius 1 is 1.29 bits per heavy atom. The van der Waals surface area contributed by atoms with E-state index in [1.165, 1.54) is 0 Å². The van der Waals surface area contributed by atoms with E-state index in [4.69, 9.17) is 27.5 Å². The van der Waals surface area contributed by atoms with E-state index in [1.807, 2.05) is 30.3 Å². The van der Waals surface area contributed by atoms with E-state index in [-0.39, 0.29) is 26.1 Å². The third-order valence-electron chi connectivity index (χ3n) is 2.72. The quantitative estimate of drug-likeness (QED) is 0.547. The van der Waals surface area contributed by atoms with Crippen molar-refractivity contribution in [3.05, 3.63) is 35.9 Å². The number of aliphatic hydroxyl groups excluding tert-OH is 2. The van der Waals surface area contributed by atoms with Crippen LogP contribution in [-0.4, -0.2) is 39.4 Å². The lowest BCUT2D eigenvalue weighted by molar-refractivity contribution is -0.137. The van der Waals surface area contributed by atoms with Gasteiger partial charge in [-0.25, -0.2) is 0 Å². The Kier molecular flexibility index (Phi) is 9.13. The summed E-state index contributed by atoms with van der Waals surface area (Å²) < 4.78 is 0. The number of nitriles is 1. The minimum absolute atomic E-state index is 0.0585. The minimum atomic E-state index is -0.915. The van der Waals surface area contributed by atoms with Gasteiger partial charge in [0, 0.05) is 11.3 Å². The van der Waals surface area contributed by atoms with E-state index in [0.717, 1.165) is 5.56 Å². The molecule has 1 unspecified atom stereocenters. The smallest absolute Gasteiger partial charge is 0.303 e. The fourth-order valence-electron chi connectivity index (χ4n) is 1.49. The van der Waals surface area contributed by atoms with Gasteiger partial charge < -0.3 is 15.3 Å². The van der Waals surface area contributed by atoms with Gasteiger partial charge in [0.25, 0.3) is 0 Å². The first kappa shape index (κ1) is 19.2. The molecular weight excluding hydrogens is 290 g/mol. The van der Waals surface area contributed by atoms with E-state index >= 15 is 0 Å². The number of carbonyl (C=O) groups is 1. The van der Waals surface area contributed by atoms with Gasteiger partial charge in [-0.2, -0.15) is 5.26 Å². The van der Waals surface area contributed by atoms with E-state index in [1.54, 1.807) is 6.92 Å². The SMILES string of the molecule is CC(C#N)(CCC(=O)O)C(=S)c1ccccc1.OCCO. The van der Waals surface area contributed by atoms with Crippen LogP contribution in [0.5, 0.6) is 0 Å². The number of nitrogens with zero attached hydrogens (tertiary/aromatic N) is 1. The first-order valence-electron chi connectivity index (χ1n) is 6.36. The molecule has 6 heteroatoms. The molecule has 1 rings (SSSR count). The third kappa shape index (κ3) is 6.95. The molecule has 0 fully saturated rings. The van der Waals surface area contributed by atoms with Crippen molar-refractivity contribution in [1.29, 1.82) is 5.26 Å². The van der Waals surface area contributed by atoms with Gasteiger partial charge in [0.1, 0.15) is 0 Å². The highest BCUT2D eigenvalue weighted by molar-refractivity contribution is 7.81. The second-order valence-corrected chi connectivity index (χ2v) is 4.89. The average Bonchev–Trinajstić information content (AvgIpc) is 2.53. The number of carboxylic acids is 1. The van der Waals surface area contributed by atoms with Crippen LogP contribution in [0.4, 0.5) is 0 Å². The summed E-state index contributed by atoms with van der Waals surface area (Å²) in [4.78, 5) is 11.1. The largest absolute Gasteiger partial charge is 0.481 e. The molecule has 0 saturated heterocycles. The molecule has 114 valence electrons. The van der Waals surface area contributed by atoms with Crippen LogP contribution in [0.25, 0.3) is 0 Å². The number of aliphatic hydroxyl groups is 2. The number of hydrogen-bond donors (Lipinski definition) is 3. The van der Waals surface area contributed by atoms with E-state index < -0.39 is 11.4 Å². The highest BCUT2D eigenvalue weighted by Gasteiger charge is 2.30. The minimum Gasteiger partial charge on any atom is -0.481 e. The third-order valence-corrected chi connectivity index (χ3v) is 3.41. The average molecular weight is 309 g/mol. The lowest BCUT2D eigenvalue weighted by Gasteiger charge is -2.22. The Labute approximate surface area is 129 Å². The highest BCUT2D eigenvalue weighted by atomic mass is 32.1. The van der Waals surface area contributed by atoms with Gasteiger partial charge in [-0.3, -0.25) is 4.79 Å². The second kappa shape index (κ2) is 10.00. The highest BCUT2D eigenvalue weighted by Crippen LogP contribution is 2.28. The zero-order valence-corrected chi connectivity index (χ0v) is 12.6. The topological polar surface area (TPSA) is 102 Å². The number of aliphatic carboxylic acids is 1. The second-order valence-electron chi connectivity index (χ2n) is 4.48. The number of carboxylic acid groups (broad SMARTS) is 1. The van der Waals surface area contributed by atoms with Crippen molar-refractivity contribution in [3.8, 4) is 6.07 Å². The monoisotopic (exact) mass is 309 g/mol. The molecule has 5 nitrogen and oxygen atoms in total. The van der Waals surface area contributed by atoms with Crippen molar-refractivity contribution in [2.24, 2.45) is 5.41 Å². The van der Waals surface area contributed by atoms with Crippen molar-refractivity contribution in [3.63, 3.8) is 0 Å². The van der Waals surface area contributed by atoms with Crippen LogP contribution in [0, 0.1) is 16.7 Å². The molecule has 0 aliphatic heterocycles. The Bertz CT molecular complexity index is 496. The summed E-state index contributed by atoms with van der Waals surface area (Å²) in [5.41, 5.74) is -0.105. The van der Waals surface area contributed by atoms with Crippen molar-refractivity contribution < 1.29 is 20.1 Å². The molecule has 0 bridgehead atoms. The van der Waals surface area contributed by atoms with Crippen molar-refractivity contribution >= 4 is 23.1 Å². The molecule has 0 aromatic heterocycles. The zero-order chi connectivity index (χ0) is 16.3. The lowest BCUT2D eigenvalue weighted by Crippen LogP contribution is -2.26. The lowest BCUT2D eigenvalue weighted by atomic mass is 9.81. The molecule has 0 aliphatic carbocycles. The molecule has 1 aromatic rings. The fourth-order valence-corrected chi connectivity index (χ4v) is 1.77. The van der Waals surface area contributed by atoms with Crippen molar-refractivity contribution in [2.45, 2.75) is 19.8 Å². The maximum atomic E-state index is 10.6. The van der Waals surface area contributed by atoms with Crippen LogP contribution in [0.1, 0.15) is 25.3 Å². The molecule has 0 aliphatic rings. The van der Waals surface area contributed by atoms with Gasteiger partial charge in [0.15, 0.2) is 0 Å². The van der Waals surface area contributed by atoms with Crippen LogP contribution in [-0.2, 0) is 4.79 Å². The Balaban J connectivity index is 0.000000885. The Hall–Kier alpha value is -1.81. The van der Waals surface area contributed by atoms with Crippen molar-refractivity contribution in [1.82, 2.24) is 0 Å². The van der Waals surface area contributed by atoms with Gasteiger partial charge >= 0.3 is 5.97 Å². The number of hydrogen-bond acceptors (Lipinski definition) is 5. The molecule has 21 heavy (non-hydrogen) atoms. The van der Waals surface area contributed by atoms with Gasteiger partial charge in [-0.15, -0.1) is 0 Å². The van der Waals surface area contributed by atoms with Gasteiger partial charge in [-0.05, 0) is 18.9 Å². The molecule has 1 atom stereocenters. The molecule has 0 spiro atoms. The summed E-state index contributed by atoms with van der Waals surface area (Å²) in [6.07, 6.45) is 0.170. The van der Waals surface area contributed by atoms with Gasteiger partial charge in [0.05, 0.1) is 24.7 Å². The summed E-state index contributed by atoms with van der Waals surface area (Å²) in [5, 5.41) is 33.1. The number of rotatable bonds is 6. The van der Waals surface area contributed by atoms with Crippen LogP contribution in [0.3, 0.4) is 0 Å². The van der Waals surface area contributed by atoms with Gasteiger partial charge in [-0.1, -0.05) is 42.5 Å². The predicted octanol–water partition coefficient (Wildman–Crippen LogP) is 1.77. The van der Waals surface area contributed by atoms with E-state index in [0.29, 0.717) is 4.86 Å². The summed E-state index contributed by atoms with van der Waals surface area (Å²) in [6.45, 7) is 1.44. The van der Waals surface area contributed by atoms with Crippen LogP contribution in [0.2, 0.25) is 0 Å². The van der Waals surface area contributed by atoms with Crippen LogP contribution in [0.15, 0.2) is 30.3 Å². The normalized spacial score (nSPS) is 12.3. The molecular formula is C15H19NO4S. The van der Waals surface area contributed by atoms with E-state index in [9.17, 15) is 10.1 Å². The maximum Gasteiger partial charge on any atom is 0.303 e. The van der Waals surface area contributed by atoms with Crippen LogP contribution >= 0.6 is 12.2 Å².